The van der Waals surface area contributed by atoms with Gasteiger partial charge < -0.3 is 10.6 Å². The Morgan fingerprint density at radius 3 is 2.65 bits per heavy atom. The number of aryl methyl sites for hydroxylation is 1. The molecule has 100 valence electrons. The largest absolute Gasteiger partial charge is 0.382 e. The van der Waals surface area contributed by atoms with Gasteiger partial charge >= 0.3 is 0 Å². The maximum Gasteiger partial charge on any atom is 0.156 e. The zero-order chi connectivity index (χ0) is 14.1. The topological polar surface area (TPSA) is 67.9 Å². The van der Waals surface area contributed by atoms with E-state index in [1.807, 2.05) is 24.1 Å². The highest BCUT2D eigenvalue weighted by Crippen LogP contribution is 2.28. The van der Waals surface area contributed by atoms with Crippen molar-refractivity contribution in [2.24, 2.45) is 0 Å². The molecule has 0 unspecified atom stereocenters. The Morgan fingerprint density at radius 1 is 1.05 bits per heavy atom. The number of benzene rings is 1. The van der Waals surface area contributed by atoms with Crippen LogP contribution in [0.15, 0.2) is 42.6 Å². The van der Waals surface area contributed by atoms with Gasteiger partial charge in [0.2, 0.25) is 0 Å². The molecule has 0 saturated carbocycles. The SMILES string of the molecule is Cc1ccc2ccnc(N(C)c3ccc(N)nn3)c2c1. The van der Waals surface area contributed by atoms with E-state index in [0.29, 0.717) is 11.6 Å². The predicted molar refractivity (Wildman–Crippen MR) is 81.0 cm³/mol. The van der Waals surface area contributed by atoms with E-state index >= 15 is 0 Å². The van der Waals surface area contributed by atoms with Crippen LogP contribution in [0.1, 0.15) is 5.56 Å². The van der Waals surface area contributed by atoms with Crippen molar-refractivity contribution < 1.29 is 0 Å². The molecule has 20 heavy (non-hydrogen) atoms. The van der Waals surface area contributed by atoms with Crippen LogP contribution in [0.3, 0.4) is 0 Å². The number of nitrogens with two attached hydrogens (primary N) is 1. The molecule has 0 saturated heterocycles. The van der Waals surface area contributed by atoms with Crippen molar-refractivity contribution >= 4 is 28.2 Å². The average molecular weight is 265 g/mol. The lowest BCUT2D eigenvalue weighted by Crippen LogP contribution is -2.14. The first-order chi connectivity index (χ1) is 9.65. The lowest BCUT2D eigenvalue weighted by Gasteiger charge is -2.18. The number of aromatic nitrogens is 3. The van der Waals surface area contributed by atoms with Crippen molar-refractivity contribution in [3.05, 3.63) is 48.2 Å². The number of rotatable bonds is 2. The Bertz CT molecular complexity index is 752. The summed E-state index contributed by atoms with van der Waals surface area (Å²) in [5, 5.41) is 10.2. The Hall–Kier alpha value is -2.69. The van der Waals surface area contributed by atoms with Gasteiger partial charge in [-0.1, -0.05) is 17.7 Å². The van der Waals surface area contributed by atoms with Gasteiger partial charge in [0.1, 0.15) is 11.6 Å². The van der Waals surface area contributed by atoms with Crippen molar-refractivity contribution in [1.29, 1.82) is 0 Å². The number of hydrogen-bond donors (Lipinski definition) is 1. The molecule has 0 aliphatic carbocycles. The zero-order valence-corrected chi connectivity index (χ0v) is 11.4. The molecule has 0 amide bonds. The number of anilines is 3. The molecule has 0 atom stereocenters. The Balaban J connectivity index is 2.13. The minimum Gasteiger partial charge on any atom is -0.382 e. The van der Waals surface area contributed by atoms with Crippen LogP contribution >= 0.6 is 0 Å². The summed E-state index contributed by atoms with van der Waals surface area (Å²) in [5.74, 6) is 1.97. The van der Waals surface area contributed by atoms with Crippen molar-refractivity contribution in [1.82, 2.24) is 15.2 Å². The van der Waals surface area contributed by atoms with E-state index in [0.717, 1.165) is 16.6 Å². The first-order valence-electron chi connectivity index (χ1n) is 6.33. The number of nitrogens with zero attached hydrogens (tertiary/aromatic N) is 4. The van der Waals surface area contributed by atoms with E-state index in [1.54, 1.807) is 12.3 Å². The van der Waals surface area contributed by atoms with E-state index in [9.17, 15) is 0 Å². The third kappa shape index (κ3) is 2.14. The highest BCUT2D eigenvalue weighted by Gasteiger charge is 2.11. The molecule has 1 aromatic carbocycles. The molecule has 2 aromatic heterocycles. The first-order valence-corrected chi connectivity index (χ1v) is 6.33. The van der Waals surface area contributed by atoms with Crippen LogP contribution in [0.4, 0.5) is 17.5 Å². The number of nitrogen functional groups attached to an aromatic ring is 1. The summed E-state index contributed by atoms with van der Waals surface area (Å²) in [4.78, 5) is 6.38. The Labute approximate surface area is 117 Å². The molecular weight excluding hydrogens is 250 g/mol. The lowest BCUT2D eigenvalue weighted by atomic mass is 10.1. The lowest BCUT2D eigenvalue weighted by molar-refractivity contribution is 0.986. The summed E-state index contributed by atoms with van der Waals surface area (Å²) >= 11 is 0. The van der Waals surface area contributed by atoms with Gasteiger partial charge in [-0.2, -0.15) is 0 Å². The first kappa shape index (κ1) is 12.3. The summed E-state index contributed by atoms with van der Waals surface area (Å²) in [6, 6.07) is 11.9. The average Bonchev–Trinajstić information content (AvgIpc) is 2.46. The van der Waals surface area contributed by atoms with E-state index < -0.39 is 0 Å². The van der Waals surface area contributed by atoms with Crippen LogP contribution in [-0.2, 0) is 0 Å². The van der Waals surface area contributed by atoms with Gasteiger partial charge in [-0.15, -0.1) is 10.2 Å². The molecule has 3 aromatic rings. The maximum atomic E-state index is 5.57. The van der Waals surface area contributed by atoms with Crippen LogP contribution in [0.2, 0.25) is 0 Å². The predicted octanol–water partition coefficient (Wildman–Crippen LogP) is 2.68. The third-order valence-corrected chi connectivity index (χ3v) is 3.23. The van der Waals surface area contributed by atoms with Gasteiger partial charge in [-0.3, -0.25) is 0 Å². The fourth-order valence-electron chi connectivity index (χ4n) is 2.16. The van der Waals surface area contributed by atoms with Crippen LogP contribution in [0.25, 0.3) is 10.8 Å². The summed E-state index contributed by atoms with van der Waals surface area (Å²) < 4.78 is 0. The van der Waals surface area contributed by atoms with E-state index in [1.165, 1.54) is 5.56 Å². The molecule has 3 rings (SSSR count). The summed E-state index contributed by atoms with van der Waals surface area (Å²) in [5.41, 5.74) is 6.77. The molecule has 0 radical (unpaired) electrons. The highest BCUT2D eigenvalue weighted by atomic mass is 15.3. The van der Waals surface area contributed by atoms with E-state index in [2.05, 4.69) is 40.3 Å². The monoisotopic (exact) mass is 265 g/mol. The van der Waals surface area contributed by atoms with Crippen LogP contribution in [-0.4, -0.2) is 22.2 Å². The number of fused-ring (bicyclic) bond motifs is 1. The molecule has 0 bridgehead atoms. The van der Waals surface area contributed by atoms with Crippen molar-refractivity contribution in [2.45, 2.75) is 6.92 Å². The second-order valence-electron chi connectivity index (χ2n) is 4.73. The molecule has 5 heteroatoms. The van der Waals surface area contributed by atoms with E-state index in [-0.39, 0.29) is 0 Å². The van der Waals surface area contributed by atoms with Gasteiger partial charge in [-0.05, 0) is 36.6 Å². The summed E-state index contributed by atoms with van der Waals surface area (Å²) in [6.45, 7) is 2.07. The van der Waals surface area contributed by atoms with Crippen LogP contribution in [0.5, 0.6) is 0 Å². The zero-order valence-electron chi connectivity index (χ0n) is 11.4. The van der Waals surface area contributed by atoms with Gasteiger partial charge in [0.05, 0.1) is 0 Å². The van der Waals surface area contributed by atoms with E-state index in [4.69, 9.17) is 5.73 Å². The molecule has 0 fully saturated rings. The fraction of sp³-hybridized carbons (Fsp3) is 0.133. The smallest absolute Gasteiger partial charge is 0.156 e. The molecule has 2 N–H and O–H groups in total. The second kappa shape index (κ2) is 4.77. The van der Waals surface area contributed by atoms with Crippen molar-refractivity contribution in [3.63, 3.8) is 0 Å². The normalized spacial score (nSPS) is 10.7. The van der Waals surface area contributed by atoms with Gasteiger partial charge in [0, 0.05) is 18.6 Å². The minimum absolute atomic E-state index is 0.406. The molecule has 0 spiro atoms. The maximum absolute atomic E-state index is 5.57. The van der Waals surface area contributed by atoms with Crippen LogP contribution in [0, 0.1) is 6.92 Å². The standard InChI is InChI=1S/C15H15N5/c1-10-3-4-11-7-8-17-15(12(11)9-10)20(2)14-6-5-13(16)18-19-14/h3-9H,1-2H3,(H2,16,18). The Kier molecular flexibility index (Phi) is 2.95. The third-order valence-electron chi connectivity index (χ3n) is 3.23. The molecule has 0 aliphatic rings. The van der Waals surface area contributed by atoms with Crippen molar-refractivity contribution in [3.8, 4) is 0 Å². The van der Waals surface area contributed by atoms with Gasteiger partial charge in [-0.25, -0.2) is 4.98 Å². The second-order valence-corrected chi connectivity index (χ2v) is 4.73. The Morgan fingerprint density at radius 2 is 1.90 bits per heavy atom. The fourth-order valence-corrected chi connectivity index (χ4v) is 2.16. The number of hydrogen-bond acceptors (Lipinski definition) is 5. The molecule has 5 nitrogen and oxygen atoms in total. The minimum atomic E-state index is 0.406. The number of pyridine rings is 1. The van der Waals surface area contributed by atoms with Crippen LogP contribution < -0.4 is 10.6 Å². The molecule has 2 heterocycles. The quantitative estimate of drug-likeness (QED) is 0.771. The van der Waals surface area contributed by atoms with Crippen molar-refractivity contribution in [2.75, 3.05) is 17.7 Å². The molecule has 0 aliphatic heterocycles. The van der Waals surface area contributed by atoms with Gasteiger partial charge in [0.25, 0.3) is 0 Å². The highest BCUT2D eigenvalue weighted by molar-refractivity contribution is 5.93. The summed E-state index contributed by atoms with van der Waals surface area (Å²) in [7, 11) is 1.92. The van der Waals surface area contributed by atoms with Gasteiger partial charge in [0.15, 0.2) is 5.82 Å². The summed E-state index contributed by atoms with van der Waals surface area (Å²) in [6.07, 6.45) is 1.80. The molecular formula is C15H15N5.